The largest absolute Gasteiger partial charge is 0.394 e. The van der Waals surface area contributed by atoms with E-state index in [0.29, 0.717) is 17.5 Å². The number of nitrogen functional groups attached to an aromatic ring is 1. The summed E-state index contributed by atoms with van der Waals surface area (Å²) in [5.41, 5.74) is 1.59. The number of anilines is 2. The van der Waals surface area contributed by atoms with Gasteiger partial charge in [0.1, 0.15) is 17.5 Å². The fraction of sp³-hybridized carbons (Fsp3) is 0.556. The molecule has 1 rings (SSSR count). The molecule has 0 aliphatic heterocycles. The van der Waals surface area contributed by atoms with Crippen molar-refractivity contribution in [2.24, 2.45) is 5.84 Å². The van der Waals surface area contributed by atoms with Gasteiger partial charge in [-0.2, -0.15) is 0 Å². The summed E-state index contributed by atoms with van der Waals surface area (Å²) in [6.45, 7) is 2.98. The molecular formula is C9H17N5O2. The zero-order valence-corrected chi connectivity index (χ0v) is 9.36. The number of hydrogen-bond donors (Lipinski definition) is 5. The maximum Gasteiger partial charge on any atom is 0.145 e. The molecule has 0 aromatic carbocycles. The Morgan fingerprint density at radius 1 is 1.31 bits per heavy atom. The second-order valence-electron chi connectivity index (χ2n) is 3.83. The zero-order valence-electron chi connectivity index (χ0n) is 9.36. The van der Waals surface area contributed by atoms with Gasteiger partial charge in [-0.25, -0.2) is 15.8 Å². The van der Waals surface area contributed by atoms with Gasteiger partial charge in [-0.15, -0.1) is 0 Å². The lowest BCUT2D eigenvalue weighted by Gasteiger charge is -2.26. The van der Waals surface area contributed by atoms with E-state index in [4.69, 9.17) is 16.1 Å². The SMILES string of the molecule is Cc1nc(NN)cc(NC(C)(CO)CO)n1. The summed E-state index contributed by atoms with van der Waals surface area (Å²) in [5, 5.41) is 21.2. The van der Waals surface area contributed by atoms with Gasteiger partial charge in [0.25, 0.3) is 0 Å². The van der Waals surface area contributed by atoms with Crippen LogP contribution in [0.3, 0.4) is 0 Å². The molecule has 7 nitrogen and oxygen atoms in total. The molecule has 90 valence electrons. The number of aromatic nitrogens is 2. The highest BCUT2D eigenvalue weighted by Crippen LogP contribution is 2.15. The van der Waals surface area contributed by atoms with E-state index in [1.807, 2.05) is 0 Å². The van der Waals surface area contributed by atoms with Crippen LogP contribution in [0, 0.1) is 6.92 Å². The second kappa shape index (κ2) is 5.06. The highest BCUT2D eigenvalue weighted by molar-refractivity contribution is 5.48. The minimum absolute atomic E-state index is 0.210. The Balaban J connectivity index is 2.92. The normalized spacial score (nSPS) is 11.3. The van der Waals surface area contributed by atoms with Crippen LogP contribution in [0.5, 0.6) is 0 Å². The molecule has 0 atom stereocenters. The molecule has 1 heterocycles. The minimum Gasteiger partial charge on any atom is -0.394 e. The third kappa shape index (κ3) is 3.02. The molecule has 0 saturated carbocycles. The number of nitrogens with one attached hydrogen (secondary N) is 2. The fourth-order valence-electron chi connectivity index (χ4n) is 1.14. The first kappa shape index (κ1) is 12.6. The van der Waals surface area contributed by atoms with Crippen LogP contribution in [0.1, 0.15) is 12.7 Å². The summed E-state index contributed by atoms with van der Waals surface area (Å²) in [7, 11) is 0. The molecule has 0 aliphatic carbocycles. The van der Waals surface area contributed by atoms with Gasteiger partial charge >= 0.3 is 0 Å². The molecule has 0 amide bonds. The van der Waals surface area contributed by atoms with E-state index in [-0.39, 0.29) is 13.2 Å². The van der Waals surface area contributed by atoms with E-state index in [0.717, 1.165) is 0 Å². The lowest BCUT2D eigenvalue weighted by molar-refractivity contribution is 0.147. The van der Waals surface area contributed by atoms with Gasteiger partial charge in [-0.1, -0.05) is 0 Å². The summed E-state index contributed by atoms with van der Waals surface area (Å²) in [4.78, 5) is 8.14. The topological polar surface area (TPSA) is 116 Å². The summed E-state index contributed by atoms with van der Waals surface area (Å²) in [6, 6.07) is 1.59. The summed E-state index contributed by atoms with van der Waals surface area (Å²) < 4.78 is 0. The Bertz CT molecular complexity index is 354. The predicted molar refractivity (Wildman–Crippen MR) is 60.8 cm³/mol. The van der Waals surface area contributed by atoms with Gasteiger partial charge in [0.05, 0.1) is 18.8 Å². The zero-order chi connectivity index (χ0) is 12.2. The Hall–Kier alpha value is -1.44. The smallest absolute Gasteiger partial charge is 0.145 e. The molecule has 6 N–H and O–H groups in total. The number of nitrogens with two attached hydrogens (primary N) is 1. The first-order valence-corrected chi connectivity index (χ1v) is 4.85. The molecule has 16 heavy (non-hydrogen) atoms. The number of hydrogen-bond acceptors (Lipinski definition) is 7. The lowest BCUT2D eigenvalue weighted by Crippen LogP contribution is -2.42. The van der Waals surface area contributed by atoms with Gasteiger partial charge in [-0.05, 0) is 13.8 Å². The van der Waals surface area contributed by atoms with Gasteiger partial charge in [0.2, 0.25) is 0 Å². The third-order valence-corrected chi connectivity index (χ3v) is 2.11. The van der Waals surface area contributed by atoms with E-state index < -0.39 is 5.54 Å². The Morgan fingerprint density at radius 3 is 2.38 bits per heavy atom. The predicted octanol–water partition coefficient (Wildman–Crippen LogP) is -0.774. The van der Waals surface area contributed by atoms with Crippen LogP contribution >= 0.6 is 0 Å². The first-order valence-electron chi connectivity index (χ1n) is 4.85. The molecule has 0 unspecified atom stereocenters. The average Bonchev–Trinajstić information content (AvgIpc) is 2.28. The van der Waals surface area contributed by atoms with E-state index in [9.17, 15) is 0 Å². The van der Waals surface area contributed by atoms with Crippen LogP contribution in [0.15, 0.2) is 6.07 Å². The number of aliphatic hydroxyl groups excluding tert-OH is 2. The maximum absolute atomic E-state index is 9.14. The molecule has 0 radical (unpaired) electrons. The van der Waals surface area contributed by atoms with Crippen LogP contribution < -0.4 is 16.6 Å². The van der Waals surface area contributed by atoms with Crippen molar-refractivity contribution in [2.45, 2.75) is 19.4 Å². The van der Waals surface area contributed by atoms with Crippen molar-refractivity contribution in [3.05, 3.63) is 11.9 Å². The molecule has 0 saturated heterocycles. The van der Waals surface area contributed by atoms with E-state index >= 15 is 0 Å². The second-order valence-corrected chi connectivity index (χ2v) is 3.83. The highest BCUT2D eigenvalue weighted by atomic mass is 16.3. The molecule has 0 fully saturated rings. The summed E-state index contributed by atoms with van der Waals surface area (Å²) in [6.07, 6.45) is 0. The first-order chi connectivity index (χ1) is 7.53. The van der Waals surface area contributed by atoms with Crippen molar-refractivity contribution in [1.82, 2.24) is 9.97 Å². The number of hydrazine groups is 1. The van der Waals surface area contributed by atoms with Crippen molar-refractivity contribution in [3.63, 3.8) is 0 Å². The van der Waals surface area contributed by atoms with Gasteiger partial charge in [0, 0.05) is 6.07 Å². The van der Waals surface area contributed by atoms with Crippen LogP contribution in [-0.4, -0.2) is 38.9 Å². The standard InChI is InChI=1S/C9H17N5O2/c1-6-11-7(3-8(12-6)14-10)13-9(2,4-15)5-16/h3,15-16H,4-5,10H2,1-2H3,(H2,11,12,13,14). The number of aliphatic hydroxyl groups is 2. The number of nitrogens with zero attached hydrogens (tertiary/aromatic N) is 2. The van der Waals surface area contributed by atoms with Gasteiger partial charge < -0.3 is 21.0 Å². The van der Waals surface area contributed by atoms with Crippen molar-refractivity contribution in [2.75, 3.05) is 24.0 Å². The molecule has 0 bridgehead atoms. The van der Waals surface area contributed by atoms with Gasteiger partial charge in [-0.3, -0.25) is 0 Å². The van der Waals surface area contributed by atoms with E-state index in [1.54, 1.807) is 19.9 Å². The Kier molecular flexibility index (Phi) is 3.99. The lowest BCUT2D eigenvalue weighted by atomic mass is 10.1. The van der Waals surface area contributed by atoms with Crippen molar-refractivity contribution in [3.8, 4) is 0 Å². The monoisotopic (exact) mass is 227 g/mol. The van der Waals surface area contributed by atoms with Crippen LogP contribution in [0.2, 0.25) is 0 Å². The van der Waals surface area contributed by atoms with Crippen molar-refractivity contribution < 1.29 is 10.2 Å². The number of rotatable bonds is 5. The molecule has 1 aromatic rings. The summed E-state index contributed by atoms with van der Waals surface area (Å²) >= 11 is 0. The molecular weight excluding hydrogens is 210 g/mol. The van der Waals surface area contributed by atoms with Crippen LogP contribution in [0.4, 0.5) is 11.6 Å². The molecule has 7 heteroatoms. The van der Waals surface area contributed by atoms with Crippen LogP contribution in [0.25, 0.3) is 0 Å². The Morgan fingerprint density at radius 2 is 1.88 bits per heavy atom. The summed E-state index contributed by atoms with van der Waals surface area (Å²) in [5.74, 6) is 6.75. The fourth-order valence-corrected chi connectivity index (χ4v) is 1.14. The van der Waals surface area contributed by atoms with Crippen molar-refractivity contribution in [1.29, 1.82) is 0 Å². The van der Waals surface area contributed by atoms with Gasteiger partial charge in [0.15, 0.2) is 0 Å². The quantitative estimate of drug-likeness (QED) is 0.331. The van der Waals surface area contributed by atoms with E-state index in [2.05, 4.69) is 20.7 Å². The molecule has 1 aromatic heterocycles. The maximum atomic E-state index is 9.14. The van der Waals surface area contributed by atoms with Crippen LogP contribution in [-0.2, 0) is 0 Å². The molecule has 0 aliphatic rings. The van der Waals surface area contributed by atoms with E-state index in [1.165, 1.54) is 0 Å². The molecule has 0 spiro atoms. The number of aryl methyl sites for hydroxylation is 1. The average molecular weight is 227 g/mol. The minimum atomic E-state index is -0.827. The highest BCUT2D eigenvalue weighted by Gasteiger charge is 2.22. The van der Waals surface area contributed by atoms with Crippen molar-refractivity contribution >= 4 is 11.6 Å². The Labute approximate surface area is 93.7 Å². The third-order valence-electron chi connectivity index (χ3n) is 2.11.